The van der Waals surface area contributed by atoms with E-state index in [1.54, 1.807) is 6.92 Å². The zero-order chi connectivity index (χ0) is 14.3. The summed E-state index contributed by atoms with van der Waals surface area (Å²) in [5.41, 5.74) is 0.208. The van der Waals surface area contributed by atoms with Crippen LogP contribution < -0.4 is 0 Å². The fourth-order valence-corrected chi connectivity index (χ4v) is 4.58. The molecular weight excluding hydrogens is 236 g/mol. The highest BCUT2D eigenvalue weighted by Crippen LogP contribution is 2.58. The molecular formula is C17H28O2. The van der Waals surface area contributed by atoms with Crippen LogP contribution in [0.1, 0.15) is 60.3 Å². The van der Waals surface area contributed by atoms with Gasteiger partial charge in [-0.25, -0.2) is 0 Å². The lowest BCUT2D eigenvalue weighted by atomic mass is 9.50. The summed E-state index contributed by atoms with van der Waals surface area (Å²) >= 11 is 0. The van der Waals surface area contributed by atoms with Gasteiger partial charge in [0.05, 0.1) is 0 Å². The second-order valence-corrected chi connectivity index (χ2v) is 7.30. The predicted molar refractivity (Wildman–Crippen MR) is 77.7 cm³/mol. The quantitative estimate of drug-likeness (QED) is 0.520. The van der Waals surface area contributed by atoms with Gasteiger partial charge in [0, 0.05) is 17.8 Å². The Bertz CT molecular complexity index is 383. The van der Waals surface area contributed by atoms with Crippen molar-refractivity contribution in [3.8, 4) is 0 Å². The van der Waals surface area contributed by atoms with Gasteiger partial charge in [-0.2, -0.15) is 0 Å². The first-order valence-corrected chi connectivity index (χ1v) is 7.64. The summed E-state index contributed by atoms with van der Waals surface area (Å²) in [5, 5.41) is 0. The highest BCUT2D eigenvalue weighted by Gasteiger charge is 2.56. The molecule has 1 fully saturated rings. The van der Waals surface area contributed by atoms with E-state index in [4.69, 9.17) is 4.74 Å². The van der Waals surface area contributed by atoms with E-state index in [1.807, 2.05) is 0 Å². The number of hydrogen-bond acceptors (Lipinski definition) is 2. The number of ether oxygens (including phenoxy) is 1. The molecule has 0 bridgehead atoms. The van der Waals surface area contributed by atoms with Gasteiger partial charge in [-0.05, 0) is 31.1 Å². The Labute approximate surface area is 117 Å². The third kappa shape index (κ3) is 2.34. The number of carbonyl (C=O) groups excluding carboxylic acids is 1. The smallest absolute Gasteiger partial charge is 0.302 e. The lowest BCUT2D eigenvalue weighted by Crippen LogP contribution is -2.57. The molecule has 4 atom stereocenters. The first-order chi connectivity index (χ1) is 8.80. The fourth-order valence-electron chi connectivity index (χ4n) is 4.58. The maximum Gasteiger partial charge on any atom is 0.302 e. The Kier molecular flexibility index (Phi) is 3.81. The average Bonchev–Trinajstić information content (AvgIpc) is 2.29. The number of hydrogen-bond donors (Lipinski definition) is 0. The summed E-state index contributed by atoms with van der Waals surface area (Å²) < 4.78 is 5.87. The van der Waals surface area contributed by atoms with E-state index >= 15 is 0 Å². The molecule has 0 aliphatic heterocycles. The molecule has 1 saturated carbocycles. The second kappa shape index (κ2) is 4.96. The summed E-state index contributed by atoms with van der Waals surface area (Å²) in [6.07, 6.45) is 9.36. The summed E-state index contributed by atoms with van der Waals surface area (Å²) in [7, 11) is 0. The molecule has 0 aromatic heterocycles. The van der Waals surface area contributed by atoms with Gasteiger partial charge >= 0.3 is 5.97 Å². The van der Waals surface area contributed by atoms with Crippen LogP contribution in [-0.4, -0.2) is 12.1 Å². The largest absolute Gasteiger partial charge is 0.461 e. The SMILES string of the molecule is CC(=O)OC1C(C)(C)CCCC12C(C)C=CCC2C. The van der Waals surface area contributed by atoms with Gasteiger partial charge in [-0.3, -0.25) is 4.79 Å². The Morgan fingerprint density at radius 1 is 1.26 bits per heavy atom. The maximum atomic E-state index is 11.6. The van der Waals surface area contributed by atoms with E-state index in [1.165, 1.54) is 12.8 Å². The second-order valence-electron chi connectivity index (χ2n) is 7.30. The van der Waals surface area contributed by atoms with Gasteiger partial charge in [-0.1, -0.05) is 46.3 Å². The normalized spacial score (nSPS) is 41.2. The lowest BCUT2D eigenvalue weighted by molar-refractivity contribution is -0.187. The standard InChI is InChI=1S/C17H28O2/c1-12-8-6-9-13(2)17(12)11-7-10-16(4,5)15(17)19-14(3)18/h6,8,12-13,15H,7,9-11H2,1-5H3. The third-order valence-corrected chi connectivity index (χ3v) is 5.59. The van der Waals surface area contributed by atoms with Gasteiger partial charge in [-0.15, -0.1) is 0 Å². The zero-order valence-corrected chi connectivity index (χ0v) is 13.0. The molecule has 0 heterocycles. The van der Waals surface area contributed by atoms with Crippen molar-refractivity contribution in [3.05, 3.63) is 12.2 Å². The van der Waals surface area contributed by atoms with Crippen LogP contribution in [0.4, 0.5) is 0 Å². The van der Waals surface area contributed by atoms with Crippen LogP contribution >= 0.6 is 0 Å². The van der Waals surface area contributed by atoms with E-state index in [9.17, 15) is 4.79 Å². The van der Waals surface area contributed by atoms with Gasteiger partial charge < -0.3 is 4.74 Å². The molecule has 2 rings (SSSR count). The highest BCUT2D eigenvalue weighted by atomic mass is 16.5. The first kappa shape index (κ1) is 14.6. The Hall–Kier alpha value is -0.790. The third-order valence-electron chi connectivity index (χ3n) is 5.59. The lowest BCUT2D eigenvalue weighted by Gasteiger charge is -2.57. The molecule has 2 nitrogen and oxygen atoms in total. The van der Waals surface area contributed by atoms with Crippen molar-refractivity contribution in [2.24, 2.45) is 22.7 Å². The molecule has 2 aliphatic carbocycles. The summed E-state index contributed by atoms with van der Waals surface area (Å²) in [5.74, 6) is 0.935. The van der Waals surface area contributed by atoms with Crippen LogP contribution in [0.25, 0.3) is 0 Å². The summed E-state index contributed by atoms with van der Waals surface area (Å²) in [6.45, 7) is 10.7. The van der Waals surface area contributed by atoms with Crippen molar-refractivity contribution >= 4 is 5.97 Å². The number of carbonyl (C=O) groups is 1. The molecule has 1 spiro atoms. The molecule has 19 heavy (non-hydrogen) atoms. The van der Waals surface area contributed by atoms with Crippen molar-refractivity contribution in [3.63, 3.8) is 0 Å². The summed E-state index contributed by atoms with van der Waals surface area (Å²) in [4.78, 5) is 11.6. The van der Waals surface area contributed by atoms with Crippen LogP contribution in [0.15, 0.2) is 12.2 Å². The van der Waals surface area contributed by atoms with Crippen LogP contribution in [0.5, 0.6) is 0 Å². The Morgan fingerprint density at radius 3 is 2.53 bits per heavy atom. The summed E-state index contributed by atoms with van der Waals surface area (Å²) in [6, 6.07) is 0. The van der Waals surface area contributed by atoms with Gasteiger partial charge in [0.2, 0.25) is 0 Å². The first-order valence-electron chi connectivity index (χ1n) is 7.64. The van der Waals surface area contributed by atoms with Gasteiger partial charge in [0.25, 0.3) is 0 Å². The number of esters is 1. The molecule has 0 saturated heterocycles. The molecule has 0 N–H and O–H groups in total. The molecule has 0 aromatic rings. The van der Waals surface area contributed by atoms with Crippen molar-refractivity contribution in [2.45, 2.75) is 66.4 Å². The van der Waals surface area contributed by atoms with Crippen LogP contribution in [0.3, 0.4) is 0 Å². The van der Waals surface area contributed by atoms with Crippen LogP contribution in [-0.2, 0) is 9.53 Å². The highest BCUT2D eigenvalue weighted by molar-refractivity contribution is 5.66. The van der Waals surface area contributed by atoms with Gasteiger partial charge in [0.15, 0.2) is 0 Å². The van der Waals surface area contributed by atoms with Crippen LogP contribution in [0, 0.1) is 22.7 Å². The minimum Gasteiger partial charge on any atom is -0.461 e. The van der Waals surface area contributed by atoms with Crippen LogP contribution in [0.2, 0.25) is 0 Å². The average molecular weight is 264 g/mol. The monoisotopic (exact) mass is 264 g/mol. The molecule has 2 heteroatoms. The minimum atomic E-state index is -0.131. The zero-order valence-electron chi connectivity index (χ0n) is 13.0. The molecule has 2 aliphatic rings. The van der Waals surface area contributed by atoms with E-state index in [2.05, 4.69) is 39.8 Å². The molecule has 4 unspecified atom stereocenters. The van der Waals surface area contributed by atoms with E-state index in [-0.39, 0.29) is 22.9 Å². The van der Waals surface area contributed by atoms with Crippen molar-refractivity contribution in [2.75, 3.05) is 0 Å². The molecule has 0 aromatic carbocycles. The predicted octanol–water partition coefficient (Wildman–Crippen LogP) is 4.35. The number of rotatable bonds is 1. The Balaban J connectivity index is 2.44. The fraction of sp³-hybridized carbons (Fsp3) is 0.824. The van der Waals surface area contributed by atoms with Crippen molar-refractivity contribution < 1.29 is 9.53 Å². The van der Waals surface area contributed by atoms with Gasteiger partial charge in [0.1, 0.15) is 6.10 Å². The maximum absolute atomic E-state index is 11.6. The van der Waals surface area contributed by atoms with E-state index < -0.39 is 0 Å². The van der Waals surface area contributed by atoms with E-state index in [0.717, 1.165) is 12.8 Å². The van der Waals surface area contributed by atoms with E-state index in [0.29, 0.717) is 11.8 Å². The van der Waals surface area contributed by atoms with Crippen molar-refractivity contribution in [1.29, 1.82) is 0 Å². The molecule has 108 valence electrons. The minimum absolute atomic E-state index is 0.0428. The Morgan fingerprint density at radius 2 is 1.95 bits per heavy atom. The molecule has 0 radical (unpaired) electrons. The topological polar surface area (TPSA) is 26.3 Å². The number of allylic oxidation sites excluding steroid dienone is 2. The van der Waals surface area contributed by atoms with Crippen molar-refractivity contribution in [1.82, 2.24) is 0 Å². The molecule has 0 amide bonds.